The zero-order chi connectivity index (χ0) is 12.4. The number of halogens is 2. The molecule has 0 bridgehead atoms. The van der Waals surface area contributed by atoms with E-state index < -0.39 is 0 Å². The summed E-state index contributed by atoms with van der Waals surface area (Å²) < 4.78 is 0.800. The molecule has 1 aliphatic heterocycles. The molecule has 6 heteroatoms. The molecule has 1 fully saturated rings. The number of aliphatic hydroxyl groups excluding tert-OH is 1. The number of hydrogen-bond acceptors (Lipinski definition) is 3. The second-order valence-electron chi connectivity index (χ2n) is 4.02. The van der Waals surface area contributed by atoms with Crippen molar-refractivity contribution < 1.29 is 9.90 Å². The molecule has 0 spiro atoms. The molecule has 1 aliphatic rings. The fourth-order valence-electron chi connectivity index (χ4n) is 1.92. The third-order valence-corrected chi connectivity index (χ3v) is 4.11. The Labute approximate surface area is 116 Å². The Bertz CT molecular complexity index is 439. The Balaban J connectivity index is 2.31. The molecule has 0 saturated carbocycles. The summed E-state index contributed by atoms with van der Waals surface area (Å²) in [6, 6.07) is 1.79. The maximum absolute atomic E-state index is 11.9. The number of pyridine rings is 1. The first kappa shape index (κ1) is 13.0. The van der Waals surface area contributed by atoms with Crippen LogP contribution in [-0.2, 0) is 11.4 Å². The maximum atomic E-state index is 11.9. The van der Waals surface area contributed by atoms with Crippen LogP contribution in [0.25, 0.3) is 0 Å². The molecule has 1 amide bonds. The van der Waals surface area contributed by atoms with Gasteiger partial charge in [0, 0.05) is 34.5 Å². The highest BCUT2D eigenvalue weighted by Gasteiger charge is 2.31. The van der Waals surface area contributed by atoms with Crippen molar-refractivity contribution in [2.45, 2.75) is 13.0 Å². The van der Waals surface area contributed by atoms with Gasteiger partial charge in [0.25, 0.3) is 0 Å². The van der Waals surface area contributed by atoms with E-state index in [2.05, 4.69) is 36.8 Å². The molecule has 1 aromatic rings. The molecule has 2 heterocycles. The van der Waals surface area contributed by atoms with E-state index in [1.165, 1.54) is 0 Å². The summed E-state index contributed by atoms with van der Waals surface area (Å²) >= 11 is 6.70. The van der Waals surface area contributed by atoms with E-state index in [4.69, 9.17) is 0 Å². The molecular formula is C11H12Br2N2O2. The SMILES string of the molecule is O=C1CC(CBr)CN1c1ncc(Br)cc1CO. The minimum absolute atomic E-state index is 0.0685. The Morgan fingerprint density at radius 2 is 2.35 bits per heavy atom. The molecular weight excluding hydrogens is 352 g/mol. The molecule has 4 nitrogen and oxygen atoms in total. The maximum Gasteiger partial charge on any atom is 0.228 e. The zero-order valence-corrected chi connectivity index (χ0v) is 12.2. The van der Waals surface area contributed by atoms with Crippen LogP contribution in [0.3, 0.4) is 0 Å². The lowest BCUT2D eigenvalue weighted by molar-refractivity contribution is -0.117. The fraction of sp³-hybridized carbons (Fsp3) is 0.455. The van der Waals surface area contributed by atoms with Crippen LogP contribution in [0.2, 0.25) is 0 Å². The van der Waals surface area contributed by atoms with Crippen LogP contribution in [0.1, 0.15) is 12.0 Å². The summed E-state index contributed by atoms with van der Waals surface area (Å²) in [7, 11) is 0. The molecule has 1 saturated heterocycles. The number of aliphatic hydroxyl groups is 1. The van der Waals surface area contributed by atoms with Crippen molar-refractivity contribution in [2.24, 2.45) is 5.92 Å². The van der Waals surface area contributed by atoms with E-state index >= 15 is 0 Å². The predicted octanol–water partition coefficient (Wildman–Crippen LogP) is 2.08. The number of carbonyl (C=O) groups is 1. The van der Waals surface area contributed by atoms with Gasteiger partial charge in [-0.1, -0.05) is 15.9 Å². The van der Waals surface area contributed by atoms with E-state index in [1.54, 1.807) is 17.2 Å². The van der Waals surface area contributed by atoms with Crippen molar-refractivity contribution in [1.82, 2.24) is 4.98 Å². The highest BCUT2D eigenvalue weighted by atomic mass is 79.9. The average Bonchev–Trinajstić information content (AvgIpc) is 2.70. The lowest BCUT2D eigenvalue weighted by Crippen LogP contribution is -2.27. The largest absolute Gasteiger partial charge is 0.392 e. The number of nitrogens with zero attached hydrogens (tertiary/aromatic N) is 2. The summed E-state index contributed by atoms with van der Waals surface area (Å²) in [6.07, 6.45) is 2.18. The molecule has 17 heavy (non-hydrogen) atoms. The number of alkyl halides is 1. The minimum atomic E-state index is -0.121. The van der Waals surface area contributed by atoms with Gasteiger partial charge in [0.05, 0.1) is 6.61 Å². The van der Waals surface area contributed by atoms with Crippen molar-refractivity contribution in [3.63, 3.8) is 0 Å². The summed E-state index contributed by atoms with van der Waals surface area (Å²) in [6.45, 7) is 0.538. The van der Waals surface area contributed by atoms with Crippen LogP contribution in [0.4, 0.5) is 5.82 Å². The van der Waals surface area contributed by atoms with Crippen molar-refractivity contribution in [2.75, 3.05) is 16.8 Å². The third kappa shape index (κ3) is 2.69. The molecule has 1 aromatic heterocycles. The van der Waals surface area contributed by atoms with Crippen LogP contribution < -0.4 is 4.90 Å². The molecule has 1 unspecified atom stereocenters. The Kier molecular flexibility index (Phi) is 4.17. The molecule has 0 aliphatic carbocycles. The number of amides is 1. The zero-order valence-electron chi connectivity index (χ0n) is 9.07. The molecule has 2 rings (SSSR count). The van der Waals surface area contributed by atoms with Crippen molar-refractivity contribution in [3.05, 3.63) is 22.3 Å². The monoisotopic (exact) mass is 362 g/mol. The van der Waals surface area contributed by atoms with E-state index in [0.29, 0.717) is 30.3 Å². The number of anilines is 1. The van der Waals surface area contributed by atoms with Crippen LogP contribution in [0, 0.1) is 5.92 Å². The summed E-state index contributed by atoms with van der Waals surface area (Å²) in [5, 5.41) is 10.1. The van der Waals surface area contributed by atoms with Crippen LogP contribution in [-0.4, -0.2) is 27.9 Å². The van der Waals surface area contributed by atoms with Gasteiger partial charge in [-0.25, -0.2) is 4.98 Å². The molecule has 92 valence electrons. The molecule has 0 aromatic carbocycles. The van der Waals surface area contributed by atoms with Crippen molar-refractivity contribution in [3.8, 4) is 0 Å². The van der Waals surface area contributed by atoms with Gasteiger partial charge < -0.3 is 5.11 Å². The number of rotatable bonds is 3. The van der Waals surface area contributed by atoms with Crippen LogP contribution in [0.5, 0.6) is 0 Å². The van der Waals surface area contributed by atoms with E-state index in [-0.39, 0.29) is 12.5 Å². The van der Waals surface area contributed by atoms with Crippen molar-refractivity contribution >= 4 is 43.6 Å². The van der Waals surface area contributed by atoms with Gasteiger partial charge in [0.1, 0.15) is 5.82 Å². The number of hydrogen-bond donors (Lipinski definition) is 1. The highest BCUT2D eigenvalue weighted by molar-refractivity contribution is 9.10. The Morgan fingerprint density at radius 3 is 2.94 bits per heavy atom. The van der Waals surface area contributed by atoms with E-state index in [9.17, 15) is 9.90 Å². The quantitative estimate of drug-likeness (QED) is 0.836. The van der Waals surface area contributed by atoms with Crippen molar-refractivity contribution in [1.29, 1.82) is 0 Å². The van der Waals surface area contributed by atoms with Gasteiger partial charge in [0.2, 0.25) is 5.91 Å². The third-order valence-electron chi connectivity index (χ3n) is 2.76. The normalized spacial score (nSPS) is 20.1. The molecule has 1 N–H and O–H groups in total. The van der Waals surface area contributed by atoms with E-state index in [1.807, 2.05) is 0 Å². The highest BCUT2D eigenvalue weighted by Crippen LogP contribution is 2.28. The van der Waals surface area contributed by atoms with Crippen LogP contribution in [0.15, 0.2) is 16.7 Å². The van der Waals surface area contributed by atoms with E-state index in [0.717, 1.165) is 9.80 Å². The number of carbonyl (C=O) groups excluding carboxylic acids is 1. The first-order valence-corrected chi connectivity index (χ1v) is 7.18. The van der Waals surface area contributed by atoms with Gasteiger partial charge in [-0.2, -0.15) is 0 Å². The minimum Gasteiger partial charge on any atom is -0.392 e. The summed E-state index contributed by atoms with van der Waals surface area (Å²) in [4.78, 5) is 17.8. The second kappa shape index (κ2) is 5.46. The van der Waals surface area contributed by atoms with Gasteiger partial charge in [0.15, 0.2) is 0 Å². The lowest BCUT2D eigenvalue weighted by atomic mass is 10.2. The van der Waals surface area contributed by atoms with Gasteiger partial charge in [-0.05, 0) is 27.9 Å². The average molecular weight is 364 g/mol. The smallest absolute Gasteiger partial charge is 0.228 e. The second-order valence-corrected chi connectivity index (χ2v) is 5.59. The van der Waals surface area contributed by atoms with Gasteiger partial charge in [-0.3, -0.25) is 9.69 Å². The van der Waals surface area contributed by atoms with Gasteiger partial charge in [-0.15, -0.1) is 0 Å². The Morgan fingerprint density at radius 1 is 1.59 bits per heavy atom. The first-order chi connectivity index (χ1) is 8.15. The van der Waals surface area contributed by atoms with Crippen LogP contribution >= 0.6 is 31.9 Å². The predicted molar refractivity (Wildman–Crippen MR) is 72.1 cm³/mol. The van der Waals surface area contributed by atoms with Gasteiger partial charge >= 0.3 is 0 Å². The number of aromatic nitrogens is 1. The summed E-state index contributed by atoms with van der Waals surface area (Å²) in [5.41, 5.74) is 0.669. The standard InChI is InChI=1S/C11H12Br2N2O2/c12-3-7-1-10(17)15(5-7)11-8(6-16)2-9(13)4-14-11/h2,4,7,16H,1,3,5-6H2. The fourth-order valence-corrected chi connectivity index (χ4v) is 2.74. The summed E-state index contributed by atoms with van der Waals surface area (Å²) in [5.74, 6) is 0.961. The molecule has 1 atom stereocenters. The lowest BCUT2D eigenvalue weighted by Gasteiger charge is -2.18. The topological polar surface area (TPSA) is 53.4 Å². The Hall–Kier alpha value is -0.460. The first-order valence-electron chi connectivity index (χ1n) is 5.27. The molecule has 0 radical (unpaired) electrons.